The first kappa shape index (κ1) is 17.0. The number of carbonyl (C=O) groups is 1. The Hall–Kier alpha value is -1.40. The predicted octanol–water partition coefficient (Wildman–Crippen LogP) is 1.34. The van der Waals surface area contributed by atoms with E-state index in [0.717, 1.165) is 49.8 Å². The summed E-state index contributed by atoms with van der Waals surface area (Å²) in [6.07, 6.45) is 5.42. The monoisotopic (exact) mass is 346 g/mol. The van der Waals surface area contributed by atoms with Gasteiger partial charge in [-0.15, -0.1) is 0 Å². The molecular weight excluding hydrogens is 316 g/mol. The van der Waals surface area contributed by atoms with E-state index in [2.05, 4.69) is 22.2 Å². The van der Waals surface area contributed by atoms with Crippen LogP contribution in [0, 0.1) is 19.8 Å². The van der Waals surface area contributed by atoms with Crippen LogP contribution in [-0.2, 0) is 23.0 Å². The first-order chi connectivity index (χ1) is 12.0. The van der Waals surface area contributed by atoms with Crippen molar-refractivity contribution in [3.05, 3.63) is 17.0 Å². The maximum atomic E-state index is 12.4. The lowest BCUT2D eigenvalue weighted by molar-refractivity contribution is -0.121. The highest BCUT2D eigenvalue weighted by Crippen LogP contribution is 2.37. The summed E-state index contributed by atoms with van der Waals surface area (Å²) < 4.78 is 7.94. The van der Waals surface area contributed by atoms with Gasteiger partial charge in [-0.05, 0) is 51.0 Å². The topological polar surface area (TPSA) is 59.4 Å². The van der Waals surface area contributed by atoms with E-state index in [1.165, 1.54) is 18.4 Å². The molecule has 2 aliphatic heterocycles. The summed E-state index contributed by atoms with van der Waals surface area (Å²) >= 11 is 0. The van der Waals surface area contributed by atoms with Crippen molar-refractivity contribution in [1.29, 1.82) is 0 Å². The third-order valence-electron chi connectivity index (χ3n) is 6.22. The molecule has 1 saturated carbocycles. The molecule has 3 atom stereocenters. The average Bonchev–Trinajstić information content (AvgIpc) is 3.29. The Balaban J connectivity index is 1.26. The second-order valence-corrected chi connectivity index (χ2v) is 8.09. The molecule has 0 radical (unpaired) electrons. The molecule has 25 heavy (non-hydrogen) atoms. The van der Waals surface area contributed by atoms with Gasteiger partial charge in [0.1, 0.15) is 0 Å². The van der Waals surface area contributed by atoms with Gasteiger partial charge in [0.2, 0.25) is 5.91 Å². The largest absolute Gasteiger partial charge is 0.375 e. The summed E-state index contributed by atoms with van der Waals surface area (Å²) in [6.45, 7) is 6.95. The highest BCUT2D eigenvalue weighted by Gasteiger charge is 2.42. The van der Waals surface area contributed by atoms with Gasteiger partial charge in [-0.2, -0.15) is 5.10 Å². The summed E-state index contributed by atoms with van der Waals surface area (Å²) in [6, 6.07) is 0.762. The maximum absolute atomic E-state index is 12.4. The van der Waals surface area contributed by atoms with Crippen LogP contribution in [0.15, 0.2) is 0 Å². The Morgan fingerprint density at radius 1 is 1.32 bits per heavy atom. The quantitative estimate of drug-likeness (QED) is 0.874. The van der Waals surface area contributed by atoms with Crippen molar-refractivity contribution in [2.45, 2.75) is 64.1 Å². The molecule has 1 aromatic heterocycles. The number of hydrogen-bond donors (Lipinski definition) is 1. The van der Waals surface area contributed by atoms with Crippen LogP contribution in [0.2, 0.25) is 0 Å². The van der Waals surface area contributed by atoms with Crippen molar-refractivity contribution in [3.8, 4) is 0 Å². The van der Waals surface area contributed by atoms with Gasteiger partial charge in [0, 0.05) is 44.3 Å². The van der Waals surface area contributed by atoms with Gasteiger partial charge < -0.3 is 10.1 Å². The highest BCUT2D eigenvalue weighted by atomic mass is 16.5. The first-order valence-corrected chi connectivity index (χ1v) is 9.65. The Kier molecular flexibility index (Phi) is 4.58. The number of amides is 1. The standard InChI is InChI=1S/C19H30N4O2/c1-12-17(13(2)22(3)21-12)6-7-19(24)20-15-8-16-11-25-18(14-4-5-14)10-23(16)9-15/h14-16,18H,4-11H2,1-3H3,(H,20,24)/t15-,16+,18+/m1/s1. The van der Waals surface area contributed by atoms with Crippen molar-refractivity contribution in [3.63, 3.8) is 0 Å². The summed E-state index contributed by atoms with van der Waals surface area (Å²) in [5.74, 6) is 0.952. The number of aryl methyl sites for hydroxylation is 2. The molecule has 1 amide bonds. The van der Waals surface area contributed by atoms with Crippen molar-refractivity contribution in [2.24, 2.45) is 13.0 Å². The number of hydrogen-bond acceptors (Lipinski definition) is 4. The van der Waals surface area contributed by atoms with Gasteiger partial charge in [0.05, 0.1) is 18.4 Å². The van der Waals surface area contributed by atoms with E-state index in [0.29, 0.717) is 18.6 Å². The number of ether oxygens (including phenoxy) is 1. The molecule has 1 aliphatic carbocycles. The smallest absolute Gasteiger partial charge is 0.220 e. The van der Waals surface area contributed by atoms with E-state index in [1.54, 1.807) is 0 Å². The Bertz CT molecular complexity index is 652. The van der Waals surface area contributed by atoms with Crippen molar-refractivity contribution in [2.75, 3.05) is 19.7 Å². The molecule has 3 fully saturated rings. The van der Waals surface area contributed by atoms with Crippen molar-refractivity contribution < 1.29 is 9.53 Å². The lowest BCUT2D eigenvalue weighted by Gasteiger charge is -2.35. The van der Waals surface area contributed by atoms with E-state index in [9.17, 15) is 4.79 Å². The Morgan fingerprint density at radius 2 is 2.12 bits per heavy atom. The second-order valence-electron chi connectivity index (χ2n) is 8.09. The van der Waals surface area contributed by atoms with Gasteiger partial charge in [0.25, 0.3) is 0 Å². The van der Waals surface area contributed by atoms with E-state index >= 15 is 0 Å². The first-order valence-electron chi connectivity index (χ1n) is 9.65. The number of rotatable bonds is 5. The van der Waals surface area contributed by atoms with E-state index in [4.69, 9.17) is 4.74 Å². The van der Waals surface area contributed by atoms with Crippen LogP contribution >= 0.6 is 0 Å². The normalized spacial score (nSPS) is 29.6. The zero-order chi connectivity index (χ0) is 17.6. The summed E-state index contributed by atoms with van der Waals surface area (Å²) in [5, 5.41) is 7.68. The summed E-state index contributed by atoms with van der Waals surface area (Å²) in [7, 11) is 1.96. The number of carbonyl (C=O) groups excluding carboxylic acids is 1. The Labute approximate surface area is 149 Å². The SMILES string of the molecule is Cc1nn(C)c(C)c1CCC(=O)N[C@@H]1C[C@H]2CO[C@H](C3CC3)CN2C1. The molecule has 0 unspecified atom stereocenters. The molecule has 1 N–H and O–H groups in total. The number of fused-ring (bicyclic) bond motifs is 1. The maximum Gasteiger partial charge on any atom is 0.220 e. The van der Waals surface area contributed by atoms with E-state index in [1.807, 2.05) is 18.7 Å². The molecule has 0 spiro atoms. The highest BCUT2D eigenvalue weighted by molar-refractivity contribution is 5.76. The molecular formula is C19H30N4O2. The molecule has 1 aromatic rings. The van der Waals surface area contributed by atoms with Crippen LogP contribution in [0.4, 0.5) is 0 Å². The fraction of sp³-hybridized carbons (Fsp3) is 0.789. The van der Waals surface area contributed by atoms with Gasteiger partial charge in [-0.3, -0.25) is 14.4 Å². The molecule has 6 heteroatoms. The molecule has 4 rings (SSSR count). The molecule has 0 bridgehead atoms. The molecule has 0 aromatic carbocycles. The third-order valence-corrected chi connectivity index (χ3v) is 6.22. The average molecular weight is 346 g/mol. The van der Waals surface area contributed by atoms with Crippen molar-refractivity contribution in [1.82, 2.24) is 20.0 Å². The number of aromatic nitrogens is 2. The van der Waals surface area contributed by atoms with Gasteiger partial charge in [-0.1, -0.05) is 0 Å². The molecule has 138 valence electrons. The lowest BCUT2D eigenvalue weighted by Crippen LogP contribution is -2.47. The zero-order valence-electron chi connectivity index (χ0n) is 15.6. The number of nitrogens with one attached hydrogen (secondary N) is 1. The molecule has 3 heterocycles. The minimum Gasteiger partial charge on any atom is -0.375 e. The fourth-order valence-electron chi connectivity index (χ4n) is 4.48. The number of nitrogens with zero attached hydrogens (tertiary/aromatic N) is 3. The summed E-state index contributed by atoms with van der Waals surface area (Å²) in [4.78, 5) is 14.9. The lowest BCUT2D eigenvalue weighted by atomic mass is 10.1. The van der Waals surface area contributed by atoms with Crippen molar-refractivity contribution >= 4 is 5.91 Å². The number of morpholine rings is 1. The fourth-order valence-corrected chi connectivity index (χ4v) is 4.48. The minimum absolute atomic E-state index is 0.159. The molecule has 3 aliphatic rings. The van der Waals surface area contributed by atoms with Crippen LogP contribution in [0.25, 0.3) is 0 Å². The second kappa shape index (κ2) is 6.72. The van der Waals surface area contributed by atoms with Crippen LogP contribution in [-0.4, -0.2) is 58.5 Å². The van der Waals surface area contributed by atoms with E-state index in [-0.39, 0.29) is 11.9 Å². The van der Waals surface area contributed by atoms with Crippen LogP contribution in [0.1, 0.15) is 42.6 Å². The minimum atomic E-state index is 0.159. The van der Waals surface area contributed by atoms with Gasteiger partial charge >= 0.3 is 0 Å². The van der Waals surface area contributed by atoms with E-state index < -0.39 is 0 Å². The molecule has 2 saturated heterocycles. The van der Waals surface area contributed by atoms with Gasteiger partial charge in [-0.25, -0.2) is 0 Å². The summed E-state index contributed by atoms with van der Waals surface area (Å²) in [5.41, 5.74) is 3.41. The van der Waals surface area contributed by atoms with Gasteiger partial charge in [0.15, 0.2) is 0 Å². The molecule has 6 nitrogen and oxygen atoms in total. The Morgan fingerprint density at radius 3 is 2.80 bits per heavy atom. The predicted molar refractivity (Wildman–Crippen MR) is 95.4 cm³/mol. The van der Waals surface area contributed by atoms with Crippen LogP contribution in [0.5, 0.6) is 0 Å². The van der Waals surface area contributed by atoms with Crippen LogP contribution < -0.4 is 5.32 Å². The zero-order valence-corrected chi connectivity index (χ0v) is 15.6. The van der Waals surface area contributed by atoms with Crippen LogP contribution in [0.3, 0.4) is 0 Å². The third kappa shape index (κ3) is 3.60.